The fraction of sp³-hybridized carbons (Fsp3) is 0.0556. The molecule has 0 bridgehead atoms. The molecule has 1 heterocycles. The second-order valence-electron chi connectivity index (χ2n) is 5.51. The fourth-order valence-corrected chi connectivity index (χ4v) is 2.68. The van der Waals surface area contributed by atoms with E-state index in [0.29, 0.717) is 5.69 Å². The monoisotopic (exact) mass is 384 g/mol. The molecule has 2 aromatic rings. The molecule has 0 radical (unpaired) electrons. The van der Waals surface area contributed by atoms with Gasteiger partial charge in [0.05, 0.1) is 5.69 Å². The first-order valence-corrected chi connectivity index (χ1v) is 8.21. The van der Waals surface area contributed by atoms with Crippen LogP contribution in [0, 0.1) is 11.7 Å². The average molecular weight is 384 g/mol. The topological polar surface area (TPSA) is 90.9 Å². The third-order valence-electron chi connectivity index (χ3n) is 3.71. The number of hydrazone groups is 1. The zero-order valence-corrected chi connectivity index (χ0v) is 14.6. The van der Waals surface area contributed by atoms with E-state index in [1.165, 1.54) is 17.0 Å². The molecule has 1 atom stereocenters. The van der Waals surface area contributed by atoms with Gasteiger partial charge in [0.25, 0.3) is 11.8 Å². The zero-order valence-electron chi connectivity index (χ0n) is 13.8. The van der Waals surface area contributed by atoms with Crippen molar-refractivity contribution in [2.75, 3.05) is 4.90 Å². The fourth-order valence-electron chi connectivity index (χ4n) is 2.38. The van der Waals surface area contributed by atoms with E-state index in [9.17, 15) is 18.8 Å². The molecule has 2 N–H and O–H groups in total. The summed E-state index contributed by atoms with van der Waals surface area (Å²) < 4.78 is 12.9. The summed E-state index contributed by atoms with van der Waals surface area (Å²) in [6, 6.07) is 13.4. The van der Waals surface area contributed by atoms with E-state index in [1.54, 1.807) is 30.3 Å². The summed E-state index contributed by atoms with van der Waals surface area (Å²) in [7, 11) is 0. The number of anilines is 1. The number of amides is 3. The predicted octanol–water partition coefficient (Wildman–Crippen LogP) is 1.61. The molecule has 0 aromatic heterocycles. The molecule has 0 spiro atoms. The van der Waals surface area contributed by atoms with Crippen LogP contribution >= 0.6 is 12.2 Å². The van der Waals surface area contributed by atoms with Gasteiger partial charge in [-0.3, -0.25) is 19.3 Å². The first-order chi connectivity index (χ1) is 13.0. The number of hydrogen-bond donors (Lipinski definition) is 2. The Kier molecular flexibility index (Phi) is 5.32. The maximum absolute atomic E-state index is 12.9. The third-order valence-corrected chi connectivity index (χ3v) is 4.00. The van der Waals surface area contributed by atoms with Crippen LogP contribution in [0.15, 0.2) is 59.7 Å². The van der Waals surface area contributed by atoms with Gasteiger partial charge in [0.15, 0.2) is 11.0 Å². The van der Waals surface area contributed by atoms with Crippen LogP contribution in [0.1, 0.15) is 10.4 Å². The Bertz CT molecular complexity index is 931. The van der Waals surface area contributed by atoms with Crippen molar-refractivity contribution >= 4 is 47.0 Å². The van der Waals surface area contributed by atoms with Gasteiger partial charge in [0.2, 0.25) is 5.91 Å². The molecule has 1 aliphatic rings. The maximum Gasteiger partial charge on any atom is 0.271 e. The van der Waals surface area contributed by atoms with E-state index in [2.05, 4.69) is 15.8 Å². The summed E-state index contributed by atoms with van der Waals surface area (Å²) in [5.41, 5.74) is 2.88. The van der Waals surface area contributed by atoms with Crippen LogP contribution in [-0.2, 0) is 9.59 Å². The molecule has 1 saturated heterocycles. The molecule has 7 nitrogen and oxygen atoms in total. The summed E-state index contributed by atoms with van der Waals surface area (Å²) >= 11 is 5.07. The molecular weight excluding hydrogens is 371 g/mol. The standard InChI is InChI=1S/C18H13FN4O3S/c19-12-8-6-11(7-9-12)15(24)22-20-10-14-16(25)21-18(27)23(17(14)26)13-4-2-1-3-5-13/h1-10,14H,(H,22,24)(H,21,25,27)/b20-10-/t14-/m1/s1. The zero-order chi connectivity index (χ0) is 19.4. The highest BCUT2D eigenvalue weighted by Crippen LogP contribution is 2.19. The summed E-state index contributed by atoms with van der Waals surface area (Å²) in [6.45, 7) is 0. The lowest BCUT2D eigenvalue weighted by atomic mass is 10.1. The summed E-state index contributed by atoms with van der Waals surface area (Å²) in [5.74, 6) is -3.57. The number of halogens is 1. The Labute approximate surface area is 158 Å². The molecule has 3 amide bonds. The van der Waals surface area contributed by atoms with Crippen molar-refractivity contribution in [1.29, 1.82) is 0 Å². The van der Waals surface area contributed by atoms with Gasteiger partial charge in [-0.15, -0.1) is 0 Å². The van der Waals surface area contributed by atoms with Gasteiger partial charge in [0.1, 0.15) is 5.82 Å². The minimum absolute atomic E-state index is 0.0313. The van der Waals surface area contributed by atoms with Gasteiger partial charge in [-0.05, 0) is 48.6 Å². The molecule has 0 saturated carbocycles. The second kappa shape index (κ2) is 7.83. The average Bonchev–Trinajstić information content (AvgIpc) is 2.65. The lowest BCUT2D eigenvalue weighted by molar-refractivity contribution is -0.130. The van der Waals surface area contributed by atoms with Gasteiger partial charge in [-0.25, -0.2) is 9.82 Å². The largest absolute Gasteiger partial charge is 0.301 e. The molecule has 1 aliphatic heterocycles. The second-order valence-corrected chi connectivity index (χ2v) is 5.89. The number of hydrogen-bond acceptors (Lipinski definition) is 5. The van der Waals surface area contributed by atoms with Crippen LogP contribution in [0.25, 0.3) is 0 Å². The Morgan fingerprint density at radius 3 is 2.48 bits per heavy atom. The van der Waals surface area contributed by atoms with Crippen LogP contribution in [-0.4, -0.2) is 29.0 Å². The number of para-hydroxylation sites is 1. The normalized spacial score (nSPS) is 17.1. The lowest BCUT2D eigenvalue weighted by Gasteiger charge is -2.30. The van der Waals surface area contributed by atoms with Crippen molar-refractivity contribution in [3.8, 4) is 0 Å². The van der Waals surface area contributed by atoms with E-state index in [4.69, 9.17) is 12.2 Å². The van der Waals surface area contributed by atoms with Crippen LogP contribution in [0.4, 0.5) is 10.1 Å². The number of thiocarbonyl (C=S) groups is 1. The number of nitrogens with one attached hydrogen (secondary N) is 2. The SMILES string of the molecule is O=C(N/N=C\[C@@H]1C(=O)NC(=S)N(c2ccccc2)C1=O)c1ccc(F)cc1. The first kappa shape index (κ1) is 18.3. The number of benzene rings is 2. The highest BCUT2D eigenvalue weighted by atomic mass is 32.1. The Balaban J connectivity index is 1.73. The summed E-state index contributed by atoms with van der Waals surface area (Å²) in [6.07, 6.45) is 1.02. The van der Waals surface area contributed by atoms with Crippen LogP contribution < -0.4 is 15.6 Å². The molecule has 2 aromatic carbocycles. The van der Waals surface area contributed by atoms with E-state index in [-0.39, 0.29) is 10.7 Å². The van der Waals surface area contributed by atoms with Gasteiger partial charge in [-0.1, -0.05) is 18.2 Å². The Morgan fingerprint density at radius 1 is 1.15 bits per heavy atom. The van der Waals surface area contributed by atoms with E-state index < -0.39 is 29.5 Å². The van der Waals surface area contributed by atoms with Gasteiger partial charge < -0.3 is 5.32 Å². The van der Waals surface area contributed by atoms with E-state index >= 15 is 0 Å². The minimum atomic E-state index is -1.26. The van der Waals surface area contributed by atoms with Crippen molar-refractivity contribution in [3.63, 3.8) is 0 Å². The quantitative estimate of drug-likeness (QED) is 0.363. The number of rotatable bonds is 4. The molecule has 0 aliphatic carbocycles. The number of carbonyl (C=O) groups excluding carboxylic acids is 3. The van der Waals surface area contributed by atoms with Gasteiger partial charge in [-0.2, -0.15) is 5.10 Å². The third kappa shape index (κ3) is 4.04. The molecule has 3 rings (SSSR count). The molecule has 0 unspecified atom stereocenters. The highest BCUT2D eigenvalue weighted by Gasteiger charge is 2.38. The molecule has 27 heavy (non-hydrogen) atoms. The Hall–Kier alpha value is -3.46. The van der Waals surface area contributed by atoms with Gasteiger partial charge >= 0.3 is 0 Å². The van der Waals surface area contributed by atoms with Gasteiger partial charge in [0, 0.05) is 11.8 Å². The van der Waals surface area contributed by atoms with Crippen molar-refractivity contribution in [2.45, 2.75) is 0 Å². The minimum Gasteiger partial charge on any atom is -0.301 e. The first-order valence-electron chi connectivity index (χ1n) is 7.80. The molecular formula is C18H13FN4O3S. The van der Waals surface area contributed by atoms with Crippen molar-refractivity contribution in [3.05, 3.63) is 66.0 Å². The Morgan fingerprint density at radius 2 is 1.81 bits per heavy atom. The van der Waals surface area contributed by atoms with Crippen LogP contribution in [0.3, 0.4) is 0 Å². The maximum atomic E-state index is 12.9. The van der Waals surface area contributed by atoms with Crippen LogP contribution in [0.2, 0.25) is 0 Å². The van der Waals surface area contributed by atoms with Crippen LogP contribution in [0.5, 0.6) is 0 Å². The van der Waals surface area contributed by atoms with Crippen molar-refractivity contribution < 1.29 is 18.8 Å². The highest BCUT2D eigenvalue weighted by molar-refractivity contribution is 7.80. The van der Waals surface area contributed by atoms with E-state index in [1.807, 2.05) is 0 Å². The lowest BCUT2D eigenvalue weighted by Crippen LogP contribution is -2.58. The smallest absolute Gasteiger partial charge is 0.271 e. The molecule has 9 heteroatoms. The van der Waals surface area contributed by atoms with Crippen molar-refractivity contribution in [1.82, 2.24) is 10.7 Å². The number of carbonyl (C=O) groups is 3. The van der Waals surface area contributed by atoms with Crippen molar-refractivity contribution in [2.24, 2.45) is 11.0 Å². The number of nitrogens with zero attached hydrogens (tertiary/aromatic N) is 2. The summed E-state index contributed by atoms with van der Waals surface area (Å²) in [4.78, 5) is 37.9. The molecule has 1 fully saturated rings. The van der Waals surface area contributed by atoms with E-state index in [0.717, 1.165) is 18.3 Å². The molecule has 136 valence electrons. The predicted molar refractivity (Wildman–Crippen MR) is 101 cm³/mol. The summed E-state index contributed by atoms with van der Waals surface area (Å²) in [5, 5.41) is 6.08.